The minimum absolute atomic E-state index is 0.289. The van der Waals surface area contributed by atoms with E-state index in [0.29, 0.717) is 6.42 Å². The van der Waals surface area contributed by atoms with Crippen LogP contribution in [-0.2, 0) is 31.4 Å². The molecule has 0 saturated carbocycles. The summed E-state index contributed by atoms with van der Waals surface area (Å²) in [5.41, 5.74) is 5.52. The summed E-state index contributed by atoms with van der Waals surface area (Å²) in [6.45, 7) is 0. The Kier molecular flexibility index (Phi) is 3.64. The molecule has 1 aliphatic carbocycles. The topological polar surface area (TPSA) is 17.1 Å². The molecule has 1 nitrogen and oxygen atoms in total. The van der Waals surface area contributed by atoms with Crippen molar-refractivity contribution in [1.29, 1.82) is 0 Å². The number of hydrogen-bond donors (Lipinski definition) is 0. The Labute approximate surface area is 133 Å². The van der Waals surface area contributed by atoms with Crippen molar-refractivity contribution >= 4 is 28.9 Å². The predicted octanol–water partition coefficient (Wildman–Crippen LogP) is 4.45. The smallest absolute Gasteiger partial charge is 0.177 e. The summed E-state index contributed by atoms with van der Waals surface area (Å²) in [5, 5.41) is 0. The van der Waals surface area contributed by atoms with E-state index in [9.17, 15) is 4.79 Å². The van der Waals surface area contributed by atoms with Gasteiger partial charge < -0.3 is 0 Å². The van der Waals surface area contributed by atoms with Crippen LogP contribution in [0.1, 0.15) is 43.2 Å². The molecule has 21 heavy (non-hydrogen) atoms. The van der Waals surface area contributed by atoms with Crippen molar-refractivity contribution in [2.75, 3.05) is 5.75 Å². The Morgan fingerprint density at radius 1 is 1.05 bits per heavy atom. The van der Waals surface area contributed by atoms with Crippen LogP contribution in [-0.4, -0.2) is 11.5 Å². The molecule has 2 aromatic rings. The number of thiophene rings is 1. The molecule has 108 valence electrons. The molecule has 0 radical (unpaired) electrons. The molecule has 0 atom stereocenters. The maximum absolute atomic E-state index is 12.5. The van der Waals surface area contributed by atoms with Crippen LogP contribution < -0.4 is 0 Å². The maximum atomic E-state index is 12.5. The molecule has 0 spiro atoms. The Bertz CT molecular complexity index is 676. The second kappa shape index (κ2) is 5.62. The van der Waals surface area contributed by atoms with Crippen LogP contribution in [0.25, 0.3) is 0 Å². The van der Waals surface area contributed by atoms with E-state index in [0.717, 1.165) is 17.1 Å². The zero-order chi connectivity index (χ0) is 14.2. The number of aryl methyl sites for hydroxylation is 3. The lowest BCUT2D eigenvalue weighted by Gasteiger charge is -2.08. The number of thioether (sulfide) groups is 1. The number of rotatable bonds is 3. The molecule has 3 heteroatoms. The van der Waals surface area contributed by atoms with Gasteiger partial charge >= 0.3 is 0 Å². The average Bonchev–Trinajstić information content (AvgIpc) is 3.13. The van der Waals surface area contributed by atoms with Gasteiger partial charge in [-0.05, 0) is 59.8 Å². The largest absolute Gasteiger partial charge is 0.293 e. The van der Waals surface area contributed by atoms with Crippen molar-refractivity contribution in [1.82, 2.24) is 0 Å². The molecular weight excluding hydrogens is 296 g/mol. The Hall–Kier alpha value is -1.06. The van der Waals surface area contributed by atoms with Crippen molar-refractivity contribution in [3.05, 3.63) is 56.3 Å². The number of carbonyl (C=O) groups is 1. The lowest BCUT2D eigenvalue weighted by atomic mass is 10.0. The van der Waals surface area contributed by atoms with Crippen LogP contribution in [0.3, 0.4) is 0 Å². The van der Waals surface area contributed by atoms with Gasteiger partial charge in [0.2, 0.25) is 0 Å². The third-order valence-corrected chi connectivity index (χ3v) is 6.72. The van der Waals surface area contributed by atoms with Crippen LogP contribution in [0.5, 0.6) is 0 Å². The molecule has 0 amide bonds. The van der Waals surface area contributed by atoms with E-state index < -0.39 is 0 Å². The van der Waals surface area contributed by atoms with Crippen molar-refractivity contribution in [2.24, 2.45) is 0 Å². The van der Waals surface area contributed by atoms with E-state index in [2.05, 4.69) is 24.3 Å². The van der Waals surface area contributed by atoms with Crippen LogP contribution in [0, 0.1) is 0 Å². The Morgan fingerprint density at radius 3 is 2.86 bits per heavy atom. The van der Waals surface area contributed by atoms with Crippen molar-refractivity contribution in [3.8, 4) is 0 Å². The highest BCUT2D eigenvalue weighted by atomic mass is 32.2. The molecule has 0 bridgehead atoms. The molecule has 0 N–H and O–H groups in total. The first-order valence-corrected chi connectivity index (χ1v) is 9.60. The van der Waals surface area contributed by atoms with E-state index in [-0.39, 0.29) is 5.78 Å². The fourth-order valence-corrected chi connectivity index (χ4v) is 5.60. The van der Waals surface area contributed by atoms with E-state index >= 15 is 0 Å². The summed E-state index contributed by atoms with van der Waals surface area (Å²) >= 11 is 3.70. The molecule has 1 aromatic heterocycles. The second-order valence-corrected chi connectivity index (χ2v) is 8.16. The average molecular weight is 314 g/mol. The van der Waals surface area contributed by atoms with E-state index in [1.807, 2.05) is 11.8 Å². The summed E-state index contributed by atoms with van der Waals surface area (Å²) in [7, 11) is 0. The fourth-order valence-electron chi connectivity index (χ4n) is 3.29. The summed E-state index contributed by atoms with van der Waals surface area (Å²) in [5.74, 6) is 2.57. The number of fused-ring (bicyclic) bond motifs is 2. The van der Waals surface area contributed by atoms with Gasteiger partial charge in [-0.25, -0.2) is 0 Å². The second-order valence-electron chi connectivity index (χ2n) is 5.92. The van der Waals surface area contributed by atoms with E-state index in [4.69, 9.17) is 0 Å². The van der Waals surface area contributed by atoms with Gasteiger partial charge in [0, 0.05) is 17.1 Å². The molecule has 0 saturated heterocycles. The number of Topliss-reactive ketones (excluding diaryl/α,β-unsaturated/α-hetero) is 1. The molecule has 4 rings (SSSR count). The highest BCUT2D eigenvalue weighted by molar-refractivity contribution is 7.98. The van der Waals surface area contributed by atoms with Gasteiger partial charge in [0.15, 0.2) is 5.78 Å². The van der Waals surface area contributed by atoms with Gasteiger partial charge in [-0.15, -0.1) is 11.3 Å². The van der Waals surface area contributed by atoms with Gasteiger partial charge in [0.1, 0.15) is 0 Å². The van der Waals surface area contributed by atoms with Crippen LogP contribution >= 0.6 is 23.1 Å². The Morgan fingerprint density at radius 2 is 1.95 bits per heavy atom. The fraction of sp³-hybridized carbons (Fsp3) is 0.389. The van der Waals surface area contributed by atoms with Crippen LogP contribution in [0.4, 0.5) is 0 Å². The van der Waals surface area contributed by atoms with E-state index in [1.54, 1.807) is 11.3 Å². The summed E-state index contributed by atoms with van der Waals surface area (Å²) in [6, 6.07) is 8.76. The summed E-state index contributed by atoms with van der Waals surface area (Å²) in [4.78, 5) is 14.9. The lowest BCUT2D eigenvalue weighted by Crippen LogP contribution is -2.02. The van der Waals surface area contributed by atoms with Gasteiger partial charge in [0.25, 0.3) is 0 Å². The van der Waals surface area contributed by atoms with Gasteiger partial charge in [-0.2, -0.15) is 11.8 Å². The first kappa shape index (κ1) is 13.6. The van der Waals surface area contributed by atoms with Gasteiger partial charge in [-0.3, -0.25) is 4.79 Å². The highest BCUT2D eigenvalue weighted by Gasteiger charge is 2.18. The highest BCUT2D eigenvalue weighted by Crippen LogP contribution is 2.32. The van der Waals surface area contributed by atoms with Crippen molar-refractivity contribution in [2.45, 2.75) is 37.9 Å². The first-order chi connectivity index (χ1) is 10.3. The third-order valence-electron chi connectivity index (χ3n) is 4.43. The van der Waals surface area contributed by atoms with Crippen LogP contribution in [0.2, 0.25) is 0 Å². The monoisotopic (exact) mass is 314 g/mol. The number of hydrogen-bond acceptors (Lipinski definition) is 3. The number of ketones is 1. The predicted molar refractivity (Wildman–Crippen MR) is 90.7 cm³/mol. The lowest BCUT2D eigenvalue weighted by molar-refractivity contribution is 0.0997. The summed E-state index contributed by atoms with van der Waals surface area (Å²) < 4.78 is 0. The minimum atomic E-state index is 0.289. The molecule has 1 aromatic carbocycles. The maximum Gasteiger partial charge on any atom is 0.177 e. The molecular formula is C18H18OS2. The third kappa shape index (κ3) is 2.69. The van der Waals surface area contributed by atoms with E-state index in [1.165, 1.54) is 52.1 Å². The molecule has 2 aliphatic rings. The number of benzene rings is 1. The molecule has 0 unspecified atom stereocenters. The van der Waals surface area contributed by atoms with Gasteiger partial charge in [0.05, 0.1) is 4.88 Å². The number of carbonyl (C=O) groups excluding carboxylic acids is 1. The molecule has 1 aliphatic heterocycles. The minimum Gasteiger partial charge on any atom is -0.293 e. The quantitative estimate of drug-likeness (QED) is 0.779. The molecule has 0 fully saturated rings. The Balaban J connectivity index is 1.54. The SMILES string of the molecule is O=C(Cc1ccc2c(c1)CCC2)c1cc2c(s1)CCSC2. The van der Waals surface area contributed by atoms with Crippen molar-refractivity contribution in [3.63, 3.8) is 0 Å². The zero-order valence-electron chi connectivity index (χ0n) is 12.0. The zero-order valence-corrected chi connectivity index (χ0v) is 13.6. The summed E-state index contributed by atoms with van der Waals surface area (Å²) in [6.07, 6.45) is 5.35. The van der Waals surface area contributed by atoms with Gasteiger partial charge in [-0.1, -0.05) is 18.2 Å². The molecule has 2 heterocycles. The van der Waals surface area contributed by atoms with Crippen molar-refractivity contribution < 1.29 is 4.79 Å². The standard InChI is InChI=1S/C18H18OS2/c19-16(18-10-15-11-20-7-6-17(15)21-18)9-12-4-5-13-2-1-3-14(13)8-12/h4-5,8,10H,1-3,6-7,9,11H2. The normalized spacial score (nSPS) is 16.6. The first-order valence-electron chi connectivity index (χ1n) is 7.63. The van der Waals surface area contributed by atoms with Crippen LogP contribution in [0.15, 0.2) is 24.3 Å².